The molecule has 0 atom stereocenters. The molecule has 0 amide bonds. The van der Waals surface area contributed by atoms with E-state index in [2.05, 4.69) is 37.9 Å². The number of halogens is 1. The molecule has 0 rings (SSSR count). The van der Waals surface area contributed by atoms with E-state index in [1.807, 2.05) is 0 Å². The van der Waals surface area contributed by atoms with Crippen LogP contribution in [0.15, 0.2) is 12.3 Å². The van der Waals surface area contributed by atoms with E-state index in [-0.39, 0.29) is 12.4 Å². The van der Waals surface area contributed by atoms with Gasteiger partial charge in [0, 0.05) is 13.1 Å². The summed E-state index contributed by atoms with van der Waals surface area (Å²) in [5.41, 5.74) is 0. The van der Waals surface area contributed by atoms with Crippen LogP contribution in [0.4, 0.5) is 0 Å². The third-order valence-electron chi connectivity index (χ3n) is 1.57. The molecule has 0 aliphatic carbocycles. The Hall–Kier alpha value is -0.170. The predicted octanol–water partition coefficient (Wildman–Crippen LogP) is 3.45. The van der Waals surface area contributed by atoms with Crippen LogP contribution in [-0.2, 0) is 0 Å². The fourth-order valence-electron chi connectivity index (χ4n) is 1.09. The van der Waals surface area contributed by atoms with Gasteiger partial charge in [0.2, 0.25) is 0 Å². The lowest BCUT2D eigenvalue weighted by Gasteiger charge is -2.18. The maximum absolute atomic E-state index is 2.39. The quantitative estimate of drug-likeness (QED) is 0.622. The van der Waals surface area contributed by atoms with Gasteiger partial charge in [-0.2, -0.15) is 0 Å². The van der Waals surface area contributed by atoms with Crippen molar-refractivity contribution in [3.8, 4) is 0 Å². The Bertz CT molecular complexity index is 96.0. The molecule has 2 heteroatoms. The molecule has 12 heavy (non-hydrogen) atoms. The van der Waals surface area contributed by atoms with Crippen LogP contribution >= 0.6 is 12.4 Å². The molecule has 0 fully saturated rings. The Balaban J connectivity index is 0. The predicted molar refractivity (Wildman–Crippen MR) is 58.8 cm³/mol. The summed E-state index contributed by atoms with van der Waals surface area (Å²) in [4.78, 5) is 2.39. The Kier molecular flexibility index (Phi) is 13.0. The van der Waals surface area contributed by atoms with E-state index in [0.717, 1.165) is 6.42 Å². The van der Waals surface area contributed by atoms with Crippen molar-refractivity contribution < 1.29 is 0 Å². The lowest BCUT2D eigenvalue weighted by Crippen LogP contribution is -2.18. The summed E-state index contributed by atoms with van der Waals surface area (Å²) in [5, 5.41) is 0. The molecule has 1 nitrogen and oxygen atoms in total. The molecule has 0 aliphatic heterocycles. The second-order valence-corrected chi connectivity index (χ2v) is 2.83. The summed E-state index contributed by atoms with van der Waals surface area (Å²) >= 11 is 0. The minimum absolute atomic E-state index is 0. The number of allylic oxidation sites excluding steroid dienone is 1. The number of hydrogen-bond acceptors (Lipinski definition) is 1. The standard InChI is InChI=1S/C10H21N.ClH/c1-4-7-10-11(8-5-2)9-6-3;/h7,10H,4-6,8-9H2,1-3H3;1H/b10-7+;. The van der Waals surface area contributed by atoms with Gasteiger partial charge in [0.1, 0.15) is 0 Å². The molecule has 0 aromatic carbocycles. The SMILES string of the molecule is CC/C=C/N(CCC)CCC.Cl. The summed E-state index contributed by atoms with van der Waals surface area (Å²) < 4.78 is 0. The first-order valence-electron chi connectivity index (χ1n) is 4.75. The Morgan fingerprint density at radius 1 is 1.00 bits per heavy atom. The monoisotopic (exact) mass is 191 g/mol. The normalized spacial score (nSPS) is 9.92. The van der Waals surface area contributed by atoms with E-state index >= 15 is 0 Å². The van der Waals surface area contributed by atoms with Gasteiger partial charge in [-0.3, -0.25) is 0 Å². The van der Waals surface area contributed by atoms with Crippen LogP contribution in [0.5, 0.6) is 0 Å². The summed E-state index contributed by atoms with van der Waals surface area (Å²) in [7, 11) is 0. The summed E-state index contributed by atoms with van der Waals surface area (Å²) in [6, 6.07) is 0. The molecule has 0 radical (unpaired) electrons. The molecule has 0 heterocycles. The van der Waals surface area contributed by atoms with Gasteiger partial charge in [-0.1, -0.05) is 26.8 Å². The van der Waals surface area contributed by atoms with Gasteiger partial charge >= 0.3 is 0 Å². The highest BCUT2D eigenvalue weighted by Crippen LogP contribution is 1.95. The van der Waals surface area contributed by atoms with Gasteiger partial charge in [0.25, 0.3) is 0 Å². The van der Waals surface area contributed by atoms with Crippen molar-refractivity contribution in [3.63, 3.8) is 0 Å². The van der Waals surface area contributed by atoms with Gasteiger partial charge in [-0.15, -0.1) is 12.4 Å². The first kappa shape index (κ1) is 14.4. The largest absolute Gasteiger partial charge is 0.378 e. The average Bonchev–Trinajstić information content (AvgIpc) is 2.01. The first-order chi connectivity index (χ1) is 5.35. The van der Waals surface area contributed by atoms with E-state index in [4.69, 9.17) is 0 Å². The third kappa shape index (κ3) is 7.93. The molecule has 74 valence electrons. The second kappa shape index (κ2) is 10.8. The topological polar surface area (TPSA) is 3.24 Å². The Labute approximate surface area is 83.2 Å². The molecular formula is C10H22ClN. The highest BCUT2D eigenvalue weighted by Gasteiger charge is 1.92. The molecular weight excluding hydrogens is 170 g/mol. The smallest absolute Gasteiger partial charge is 0.0169 e. The first-order valence-corrected chi connectivity index (χ1v) is 4.75. The molecule has 0 spiro atoms. The third-order valence-corrected chi connectivity index (χ3v) is 1.57. The van der Waals surface area contributed by atoms with Crippen molar-refractivity contribution in [3.05, 3.63) is 12.3 Å². The molecule has 0 saturated heterocycles. The van der Waals surface area contributed by atoms with Crippen molar-refractivity contribution in [1.29, 1.82) is 0 Å². The average molecular weight is 192 g/mol. The van der Waals surface area contributed by atoms with Crippen LogP contribution in [-0.4, -0.2) is 18.0 Å². The van der Waals surface area contributed by atoms with Crippen LogP contribution < -0.4 is 0 Å². The maximum atomic E-state index is 2.39. The fraction of sp³-hybridized carbons (Fsp3) is 0.800. The zero-order valence-corrected chi connectivity index (χ0v) is 9.36. The zero-order valence-electron chi connectivity index (χ0n) is 8.55. The van der Waals surface area contributed by atoms with Gasteiger partial charge in [-0.05, 0) is 25.5 Å². The zero-order chi connectivity index (χ0) is 8.53. The lowest BCUT2D eigenvalue weighted by molar-refractivity contribution is 0.375. The van der Waals surface area contributed by atoms with Crippen molar-refractivity contribution in [2.75, 3.05) is 13.1 Å². The van der Waals surface area contributed by atoms with Crippen LogP contribution in [0.25, 0.3) is 0 Å². The van der Waals surface area contributed by atoms with Crippen LogP contribution in [0.1, 0.15) is 40.0 Å². The molecule has 0 aromatic heterocycles. The van der Waals surface area contributed by atoms with Crippen molar-refractivity contribution in [2.24, 2.45) is 0 Å². The molecule has 0 saturated carbocycles. The van der Waals surface area contributed by atoms with Gasteiger partial charge in [0.05, 0.1) is 0 Å². The maximum Gasteiger partial charge on any atom is 0.0169 e. The van der Waals surface area contributed by atoms with E-state index in [9.17, 15) is 0 Å². The minimum Gasteiger partial charge on any atom is -0.378 e. The summed E-state index contributed by atoms with van der Waals surface area (Å²) in [6.07, 6.45) is 8.09. The van der Waals surface area contributed by atoms with E-state index in [1.54, 1.807) is 0 Å². The van der Waals surface area contributed by atoms with E-state index in [1.165, 1.54) is 25.9 Å². The van der Waals surface area contributed by atoms with Crippen molar-refractivity contribution >= 4 is 12.4 Å². The van der Waals surface area contributed by atoms with Gasteiger partial charge in [0.15, 0.2) is 0 Å². The van der Waals surface area contributed by atoms with E-state index in [0.29, 0.717) is 0 Å². The van der Waals surface area contributed by atoms with Crippen molar-refractivity contribution in [1.82, 2.24) is 4.90 Å². The molecule has 0 aliphatic rings. The van der Waals surface area contributed by atoms with Gasteiger partial charge in [-0.25, -0.2) is 0 Å². The number of rotatable bonds is 6. The Morgan fingerprint density at radius 2 is 1.50 bits per heavy atom. The molecule has 0 bridgehead atoms. The summed E-state index contributed by atoms with van der Waals surface area (Å²) in [5.74, 6) is 0. The van der Waals surface area contributed by atoms with Crippen LogP contribution in [0.2, 0.25) is 0 Å². The molecule has 0 unspecified atom stereocenters. The molecule has 0 aromatic rings. The number of nitrogens with zero attached hydrogens (tertiary/aromatic N) is 1. The highest BCUT2D eigenvalue weighted by atomic mass is 35.5. The minimum atomic E-state index is 0. The fourth-order valence-corrected chi connectivity index (χ4v) is 1.09. The van der Waals surface area contributed by atoms with Gasteiger partial charge < -0.3 is 4.90 Å². The Morgan fingerprint density at radius 3 is 1.83 bits per heavy atom. The lowest BCUT2D eigenvalue weighted by atomic mass is 10.3. The van der Waals surface area contributed by atoms with Crippen LogP contribution in [0.3, 0.4) is 0 Å². The van der Waals surface area contributed by atoms with E-state index < -0.39 is 0 Å². The number of hydrogen-bond donors (Lipinski definition) is 0. The highest BCUT2D eigenvalue weighted by molar-refractivity contribution is 5.85. The molecule has 0 N–H and O–H groups in total. The van der Waals surface area contributed by atoms with Crippen molar-refractivity contribution in [2.45, 2.75) is 40.0 Å². The second-order valence-electron chi connectivity index (χ2n) is 2.83. The summed E-state index contributed by atoms with van der Waals surface area (Å²) in [6.45, 7) is 9.02. The van der Waals surface area contributed by atoms with Crippen LogP contribution in [0, 0.1) is 0 Å².